The summed E-state index contributed by atoms with van der Waals surface area (Å²) in [5.41, 5.74) is -0.0615. The van der Waals surface area contributed by atoms with Gasteiger partial charge in [0.2, 0.25) is 5.91 Å². The molecule has 1 aliphatic carbocycles. The molecular weight excluding hydrogens is 427 g/mol. The summed E-state index contributed by atoms with van der Waals surface area (Å²) in [6.07, 6.45) is 4.27. The van der Waals surface area contributed by atoms with Crippen LogP contribution in [0.5, 0.6) is 0 Å². The predicted octanol–water partition coefficient (Wildman–Crippen LogP) is 4.30. The van der Waals surface area contributed by atoms with Crippen molar-refractivity contribution in [3.63, 3.8) is 0 Å². The summed E-state index contributed by atoms with van der Waals surface area (Å²) in [7, 11) is 1.68. The summed E-state index contributed by atoms with van der Waals surface area (Å²) in [6, 6.07) is 14.9. The number of carbonyl (C=O) groups excluding carboxylic acids is 1. The molecule has 1 fully saturated rings. The maximum Gasteiger partial charge on any atom is 0.266 e. The Labute approximate surface area is 189 Å². The van der Waals surface area contributed by atoms with Gasteiger partial charge in [0.15, 0.2) is 5.16 Å². The molecule has 32 heavy (non-hydrogen) atoms. The van der Waals surface area contributed by atoms with E-state index in [0.717, 1.165) is 31.0 Å². The Morgan fingerprint density at radius 3 is 2.56 bits per heavy atom. The summed E-state index contributed by atoms with van der Waals surface area (Å²) in [4.78, 5) is 32.4. The van der Waals surface area contributed by atoms with Crippen LogP contribution < -0.4 is 5.56 Å². The molecule has 3 aromatic rings. The molecule has 6 nitrogen and oxygen atoms in total. The molecule has 0 saturated heterocycles. The number of halogens is 1. The van der Waals surface area contributed by atoms with Crippen LogP contribution in [-0.2, 0) is 4.79 Å². The van der Waals surface area contributed by atoms with Crippen LogP contribution in [0.3, 0.4) is 0 Å². The molecule has 1 aliphatic rings. The van der Waals surface area contributed by atoms with E-state index >= 15 is 0 Å². The van der Waals surface area contributed by atoms with E-state index in [1.54, 1.807) is 36.2 Å². The number of para-hydroxylation sites is 1. The number of amides is 1. The first kappa shape index (κ1) is 22.0. The van der Waals surface area contributed by atoms with Crippen molar-refractivity contribution in [2.75, 3.05) is 12.8 Å². The first-order chi connectivity index (χ1) is 15.4. The Morgan fingerprint density at radius 1 is 1.19 bits per heavy atom. The fourth-order valence-electron chi connectivity index (χ4n) is 4.15. The third-order valence-electron chi connectivity index (χ3n) is 6.06. The first-order valence-corrected chi connectivity index (χ1v) is 11.5. The second-order valence-corrected chi connectivity index (χ2v) is 8.92. The molecule has 0 atom stereocenters. The van der Waals surface area contributed by atoms with Crippen LogP contribution in [0.15, 0.2) is 58.5 Å². The van der Waals surface area contributed by atoms with Gasteiger partial charge in [-0.15, -0.1) is 0 Å². The van der Waals surface area contributed by atoms with Crippen LogP contribution in [0.1, 0.15) is 32.1 Å². The lowest BCUT2D eigenvalue weighted by Gasteiger charge is -2.39. The van der Waals surface area contributed by atoms with Gasteiger partial charge in [0.05, 0.1) is 28.4 Å². The van der Waals surface area contributed by atoms with Crippen molar-refractivity contribution in [3.8, 4) is 11.8 Å². The standard InChI is InChI=1S/C24H23FN4O2S/c1-28(24(16-26)13-5-2-6-14-24)21(30)15-32-23-27-20-8-4-3-7-19(20)22(31)29(23)18-11-9-17(25)10-12-18/h3-4,7-12H,2,5-6,13-15H2,1H3. The molecule has 2 aromatic carbocycles. The number of benzene rings is 2. The fourth-order valence-corrected chi connectivity index (χ4v) is 5.07. The number of fused-ring (bicyclic) bond motifs is 1. The zero-order valence-corrected chi connectivity index (χ0v) is 18.6. The zero-order chi connectivity index (χ0) is 22.7. The molecule has 0 unspecified atom stereocenters. The third-order valence-corrected chi connectivity index (χ3v) is 6.98. The highest BCUT2D eigenvalue weighted by atomic mass is 32.2. The second kappa shape index (κ2) is 9.13. The van der Waals surface area contributed by atoms with Crippen molar-refractivity contribution in [3.05, 3.63) is 64.7 Å². The highest BCUT2D eigenvalue weighted by Gasteiger charge is 2.38. The molecular formula is C24H23FN4O2S. The molecule has 1 aromatic heterocycles. The topological polar surface area (TPSA) is 79.0 Å². The maximum absolute atomic E-state index is 13.5. The lowest BCUT2D eigenvalue weighted by molar-refractivity contribution is -0.131. The SMILES string of the molecule is CN(C(=O)CSc1nc2ccccc2c(=O)n1-c1ccc(F)cc1)C1(C#N)CCCCC1. The van der Waals surface area contributed by atoms with E-state index in [2.05, 4.69) is 11.1 Å². The van der Waals surface area contributed by atoms with Crippen LogP contribution in [-0.4, -0.2) is 38.7 Å². The number of hydrogen-bond acceptors (Lipinski definition) is 5. The van der Waals surface area contributed by atoms with E-state index in [4.69, 9.17) is 0 Å². The maximum atomic E-state index is 13.5. The van der Waals surface area contributed by atoms with E-state index in [9.17, 15) is 19.2 Å². The van der Waals surface area contributed by atoms with E-state index in [1.165, 1.54) is 28.8 Å². The smallest absolute Gasteiger partial charge is 0.266 e. The average molecular weight is 451 g/mol. The van der Waals surface area contributed by atoms with Gasteiger partial charge in [0.1, 0.15) is 11.4 Å². The Bertz CT molecular complexity index is 1240. The molecule has 1 amide bonds. The minimum absolute atomic E-state index is 0.0336. The summed E-state index contributed by atoms with van der Waals surface area (Å²) in [5.74, 6) is -0.561. The third kappa shape index (κ3) is 4.13. The highest BCUT2D eigenvalue weighted by Crippen LogP contribution is 2.33. The predicted molar refractivity (Wildman–Crippen MR) is 122 cm³/mol. The largest absolute Gasteiger partial charge is 0.326 e. The lowest BCUT2D eigenvalue weighted by atomic mass is 9.81. The van der Waals surface area contributed by atoms with Crippen LogP contribution in [0.4, 0.5) is 4.39 Å². The van der Waals surface area contributed by atoms with Gasteiger partial charge >= 0.3 is 0 Å². The van der Waals surface area contributed by atoms with Crippen molar-refractivity contribution in [2.24, 2.45) is 0 Å². The second-order valence-electron chi connectivity index (χ2n) is 7.97. The Hall–Kier alpha value is -3.18. The highest BCUT2D eigenvalue weighted by molar-refractivity contribution is 7.99. The van der Waals surface area contributed by atoms with Crippen molar-refractivity contribution >= 4 is 28.6 Å². The molecule has 164 valence electrons. The van der Waals surface area contributed by atoms with Gasteiger partial charge < -0.3 is 4.90 Å². The van der Waals surface area contributed by atoms with E-state index in [-0.39, 0.29) is 17.2 Å². The number of hydrogen-bond donors (Lipinski definition) is 0. The van der Waals surface area contributed by atoms with Crippen LogP contribution in [0.25, 0.3) is 16.6 Å². The van der Waals surface area contributed by atoms with Gasteiger partial charge in [0.25, 0.3) is 5.56 Å². The van der Waals surface area contributed by atoms with Gasteiger partial charge in [0, 0.05) is 7.05 Å². The summed E-state index contributed by atoms with van der Waals surface area (Å²) in [6.45, 7) is 0. The molecule has 0 spiro atoms. The number of aromatic nitrogens is 2. The van der Waals surface area contributed by atoms with Crippen molar-refractivity contribution in [1.29, 1.82) is 5.26 Å². The van der Waals surface area contributed by atoms with Crippen molar-refractivity contribution in [1.82, 2.24) is 14.5 Å². The number of nitrogens with zero attached hydrogens (tertiary/aromatic N) is 4. The quantitative estimate of drug-likeness (QED) is 0.428. The average Bonchev–Trinajstić information content (AvgIpc) is 2.83. The lowest BCUT2D eigenvalue weighted by Crippen LogP contribution is -2.50. The minimum Gasteiger partial charge on any atom is -0.326 e. The zero-order valence-electron chi connectivity index (χ0n) is 17.8. The van der Waals surface area contributed by atoms with Crippen molar-refractivity contribution in [2.45, 2.75) is 42.8 Å². The normalized spacial score (nSPS) is 15.3. The van der Waals surface area contributed by atoms with Gasteiger partial charge in [-0.1, -0.05) is 43.2 Å². The molecule has 0 radical (unpaired) electrons. The van der Waals surface area contributed by atoms with E-state index in [0.29, 0.717) is 34.6 Å². The summed E-state index contributed by atoms with van der Waals surface area (Å²) < 4.78 is 14.9. The Balaban J connectivity index is 1.67. The van der Waals surface area contributed by atoms with Crippen LogP contribution >= 0.6 is 11.8 Å². The molecule has 4 rings (SSSR count). The molecule has 1 saturated carbocycles. The van der Waals surface area contributed by atoms with Gasteiger partial charge in [-0.2, -0.15) is 5.26 Å². The van der Waals surface area contributed by atoms with Gasteiger partial charge in [-0.25, -0.2) is 9.37 Å². The molecule has 1 heterocycles. The molecule has 0 bridgehead atoms. The Kier molecular flexibility index (Phi) is 6.28. The molecule has 0 N–H and O–H groups in total. The molecule has 0 aliphatic heterocycles. The van der Waals surface area contributed by atoms with Gasteiger partial charge in [-0.3, -0.25) is 14.2 Å². The minimum atomic E-state index is -0.774. The molecule has 8 heteroatoms. The van der Waals surface area contributed by atoms with E-state index < -0.39 is 11.4 Å². The number of thioether (sulfide) groups is 1. The monoisotopic (exact) mass is 450 g/mol. The van der Waals surface area contributed by atoms with Gasteiger partial charge in [-0.05, 0) is 49.2 Å². The summed E-state index contributed by atoms with van der Waals surface area (Å²) >= 11 is 1.14. The number of carbonyl (C=O) groups is 1. The van der Waals surface area contributed by atoms with Crippen molar-refractivity contribution < 1.29 is 9.18 Å². The first-order valence-electron chi connectivity index (χ1n) is 10.5. The Morgan fingerprint density at radius 2 is 1.88 bits per heavy atom. The summed E-state index contributed by atoms with van der Waals surface area (Å²) in [5, 5.41) is 10.6. The number of nitriles is 1. The number of rotatable bonds is 5. The fraction of sp³-hybridized carbons (Fsp3) is 0.333. The van der Waals surface area contributed by atoms with Crippen LogP contribution in [0, 0.1) is 17.1 Å². The van der Waals surface area contributed by atoms with E-state index in [1.807, 2.05) is 0 Å². The van der Waals surface area contributed by atoms with Crippen LogP contribution in [0.2, 0.25) is 0 Å².